The zero-order valence-electron chi connectivity index (χ0n) is 17.7. The topological polar surface area (TPSA) is 102 Å². The number of aryl methyl sites for hydroxylation is 1. The highest BCUT2D eigenvalue weighted by atomic mass is 32.1. The van der Waals surface area contributed by atoms with Gasteiger partial charge in [-0.05, 0) is 61.6 Å². The van der Waals surface area contributed by atoms with E-state index in [0.717, 1.165) is 41.0 Å². The first-order valence-electron chi connectivity index (χ1n) is 10.1. The summed E-state index contributed by atoms with van der Waals surface area (Å²) in [6.07, 6.45) is 6.45. The SMILES string of the molecule is COC(=O)c1c(NC(=O)C(=O)N/N=C(\C)c2ccc(-n3cccc3)cc2)sc2c1CCC2. The Morgan fingerprint density at radius 1 is 1.06 bits per heavy atom. The first-order valence-corrected chi connectivity index (χ1v) is 10.9. The van der Waals surface area contributed by atoms with Gasteiger partial charge in [-0.1, -0.05) is 12.1 Å². The summed E-state index contributed by atoms with van der Waals surface area (Å²) in [5.41, 5.74) is 5.87. The molecule has 2 amide bonds. The minimum absolute atomic E-state index is 0.336. The Morgan fingerprint density at radius 2 is 1.78 bits per heavy atom. The maximum absolute atomic E-state index is 12.4. The van der Waals surface area contributed by atoms with Crippen molar-refractivity contribution in [3.05, 3.63) is 70.4 Å². The maximum atomic E-state index is 12.4. The lowest BCUT2D eigenvalue weighted by Gasteiger charge is -2.07. The van der Waals surface area contributed by atoms with Crippen LogP contribution >= 0.6 is 11.3 Å². The smallest absolute Gasteiger partial charge is 0.341 e. The number of amides is 2. The fourth-order valence-electron chi connectivity index (χ4n) is 3.60. The van der Waals surface area contributed by atoms with Crippen molar-refractivity contribution in [2.45, 2.75) is 26.2 Å². The molecule has 0 atom stereocenters. The van der Waals surface area contributed by atoms with Crippen molar-refractivity contribution in [3.63, 3.8) is 0 Å². The van der Waals surface area contributed by atoms with Gasteiger partial charge in [0.15, 0.2) is 0 Å². The Morgan fingerprint density at radius 3 is 2.47 bits per heavy atom. The summed E-state index contributed by atoms with van der Waals surface area (Å²) < 4.78 is 6.83. The summed E-state index contributed by atoms with van der Waals surface area (Å²) in [6, 6.07) is 11.5. The van der Waals surface area contributed by atoms with Gasteiger partial charge in [-0.15, -0.1) is 11.3 Å². The van der Waals surface area contributed by atoms with E-state index in [1.807, 2.05) is 53.4 Å². The fourth-order valence-corrected chi connectivity index (χ4v) is 4.87. The summed E-state index contributed by atoms with van der Waals surface area (Å²) in [7, 11) is 1.29. The molecule has 0 radical (unpaired) electrons. The number of nitrogens with one attached hydrogen (secondary N) is 2. The molecule has 8 nitrogen and oxygen atoms in total. The molecule has 0 spiro atoms. The van der Waals surface area contributed by atoms with Gasteiger partial charge < -0.3 is 14.6 Å². The van der Waals surface area contributed by atoms with Crippen molar-refractivity contribution in [1.82, 2.24) is 9.99 Å². The third-order valence-corrected chi connectivity index (χ3v) is 6.46. The van der Waals surface area contributed by atoms with Crippen LogP contribution in [0.1, 0.15) is 39.7 Å². The Hall–Kier alpha value is -3.72. The van der Waals surface area contributed by atoms with Crippen molar-refractivity contribution in [3.8, 4) is 5.69 Å². The van der Waals surface area contributed by atoms with Gasteiger partial charge in [0.1, 0.15) is 5.00 Å². The highest BCUT2D eigenvalue weighted by Crippen LogP contribution is 2.39. The van der Waals surface area contributed by atoms with E-state index in [0.29, 0.717) is 16.3 Å². The molecule has 4 rings (SSSR count). The number of fused-ring (bicyclic) bond motifs is 1. The van der Waals surface area contributed by atoms with Crippen molar-refractivity contribution in [2.75, 3.05) is 12.4 Å². The highest BCUT2D eigenvalue weighted by molar-refractivity contribution is 7.17. The third kappa shape index (κ3) is 4.33. The van der Waals surface area contributed by atoms with Gasteiger partial charge in [0, 0.05) is 23.0 Å². The zero-order chi connectivity index (χ0) is 22.7. The Kier molecular flexibility index (Phi) is 6.18. The first-order chi connectivity index (χ1) is 15.5. The first kappa shape index (κ1) is 21.5. The number of nitrogens with zero attached hydrogens (tertiary/aromatic N) is 2. The molecule has 0 fully saturated rings. The van der Waals surface area contributed by atoms with E-state index in [1.165, 1.54) is 18.4 Å². The molecule has 9 heteroatoms. The Balaban J connectivity index is 1.41. The number of anilines is 1. The van der Waals surface area contributed by atoms with Gasteiger partial charge in [0.05, 0.1) is 18.4 Å². The monoisotopic (exact) mass is 450 g/mol. The molecule has 1 aromatic carbocycles. The van der Waals surface area contributed by atoms with Crippen LogP contribution in [0, 0.1) is 0 Å². The van der Waals surface area contributed by atoms with Gasteiger partial charge in [-0.25, -0.2) is 10.2 Å². The van der Waals surface area contributed by atoms with Gasteiger partial charge in [0.25, 0.3) is 0 Å². The molecule has 1 aliphatic carbocycles. The second-order valence-corrected chi connectivity index (χ2v) is 8.39. The van der Waals surface area contributed by atoms with Crippen LogP contribution < -0.4 is 10.7 Å². The number of esters is 1. The maximum Gasteiger partial charge on any atom is 0.341 e. The van der Waals surface area contributed by atoms with Crippen LogP contribution in [0.3, 0.4) is 0 Å². The lowest BCUT2D eigenvalue weighted by atomic mass is 10.1. The number of carbonyl (C=O) groups excluding carboxylic acids is 3. The van der Waals surface area contributed by atoms with E-state index < -0.39 is 17.8 Å². The highest BCUT2D eigenvalue weighted by Gasteiger charge is 2.29. The zero-order valence-corrected chi connectivity index (χ0v) is 18.5. The molecule has 1 aliphatic rings. The van der Waals surface area contributed by atoms with Crippen LogP contribution in [0.25, 0.3) is 5.69 Å². The number of carbonyl (C=O) groups is 3. The molecule has 2 heterocycles. The number of hydrazone groups is 1. The number of benzene rings is 1. The number of ether oxygens (including phenoxy) is 1. The minimum atomic E-state index is -0.919. The van der Waals surface area contributed by atoms with E-state index in [2.05, 4.69) is 15.8 Å². The Bertz CT molecular complexity index is 1190. The third-order valence-electron chi connectivity index (χ3n) is 5.26. The molecule has 3 aromatic rings. The van der Waals surface area contributed by atoms with Crippen molar-refractivity contribution >= 4 is 39.8 Å². The van der Waals surface area contributed by atoms with Crippen LogP contribution in [0.4, 0.5) is 5.00 Å². The number of hydrogen-bond donors (Lipinski definition) is 2. The lowest BCUT2D eigenvalue weighted by molar-refractivity contribution is -0.136. The second kappa shape index (κ2) is 9.19. The van der Waals surface area contributed by atoms with Crippen LogP contribution in [0.2, 0.25) is 0 Å². The van der Waals surface area contributed by atoms with E-state index in [4.69, 9.17) is 4.74 Å². The average Bonchev–Trinajstić information content (AvgIpc) is 3.55. The molecule has 32 heavy (non-hydrogen) atoms. The number of thiophene rings is 1. The van der Waals surface area contributed by atoms with Gasteiger partial charge in [-0.3, -0.25) is 9.59 Å². The quantitative estimate of drug-likeness (QED) is 0.270. The average molecular weight is 451 g/mol. The Labute approximate surface area is 188 Å². The van der Waals surface area contributed by atoms with Crippen LogP contribution in [-0.2, 0) is 27.2 Å². The van der Waals surface area contributed by atoms with Crippen LogP contribution in [0.15, 0.2) is 53.9 Å². The summed E-state index contributed by atoms with van der Waals surface area (Å²) in [5, 5.41) is 6.91. The minimum Gasteiger partial charge on any atom is -0.465 e. The normalized spacial score (nSPS) is 12.9. The molecule has 164 valence electrons. The number of hydrogen-bond acceptors (Lipinski definition) is 6. The molecule has 2 aromatic heterocycles. The van der Waals surface area contributed by atoms with E-state index in [-0.39, 0.29) is 0 Å². The van der Waals surface area contributed by atoms with E-state index in [1.54, 1.807) is 6.92 Å². The summed E-state index contributed by atoms with van der Waals surface area (Å²) >= 11 is 1.31. The largest absolute Gasteiger partial charge is 0.465 e. The van der Waals surface area contributed by atoms with Gasteiger partial charge in [0.2, 0.25) is 0 Å². The molecule has 2 N–H and O–H groups in total. The summed E-state index contributed by atoms with van der Waals surface area (Å²) in [5.74, 6) is -2.33. The van der Waals surface area contributed by atoms with Gasteiger partial charge in [-0.2, -0.15) is 5.10 Å². The summed E-state index contributed by atoms with van der Waals surface area (Å²) in [4.78, 5) is 37.9. The summed E-state index contributed by atoms with van der Waals surface area (Å²) in [6.45, 7) is 1.74. The fraction of sp³-hybridized carbons (Fsp3) is 0.217. The molecule has 0 unspecified atom stereocenters. The predicted octanol–water partition coefficient (Wildman–Crippen LogP) is 3.29. The van der Waals surface area contributed by atoms with Crippen LogP contribution in [0.5, 0.6) is 0 Å². The molecule has 0 saturated heterocycles. The molecule has 0 saturated carbocycles. The van der Waals surface area contributed by atoms with E-state index >= 15 is 0 Å². The van der Waals surface area contributed by atoms with Crippen molar-refractivity contribution < 1.29 is 19.1 Å². The van der Waals surface area contributed by atoms with Crippen molar-refractivity contribution in [1.29, 1.82) is 0 Å². The number of methoxy groups -OCH3 is 1. The number of aromatic nitrogens is 1. The molecule has 0 bridgehead atoms. The molecule has 0 aliphatic heterocycles. The van der Waals surface area contributed by atoms with E-state index in [9.17, 15) is 14.4 Å². The van der Waals surface area contributed by atoms with Crippen LogP contribution in [-0.4, -0.2) is 35.2 Å². The lowest BCUT2D eigenvalue weighted by Crippen LogP contribution is -2.33. The number of rotatable bonds is 5. The molecular formula is C23H22N4O4S. The second-order valence-electron chi connectivity index (χ2n) is 7.28. The molecular weight excluding hydrogens is 428 g/mol. The predicted molar refractivity (Wildman–Crippen MR) is 122 cm³/mol. The van der Waals surface area contributed by atoms with Gasteiger partial charge >= 0.3 is 17.8 Å². The van der Waals surface area contributed by atoms with Crippen molar-refractivity contribution in [2.24, 2.45) is 5.10 Å². The standard InChI is InChI=1S/C23H22N4O4S/c1-14(15-8-10-16(11-9-15)27-12-3-4-13-27)25-26-21(29)20(28)24-22-19(23(30)31-2)17-6-5-7-18(17)32-22/h3-4,8-13H,5-7H2,1-2H3,(H,24,28)(H,26,29)/b25-14+.